The first kappa shape index (κ1) is 22.8. The van der Waals surface area contributed by atoms with Gasteiger partial charge in [0.15, 0.2) is 5.78 Å². The number of halogens is 1. The summed E-state index contributed by atoms with van der Waals surface area (Å²) in [6, 6.07) is 8.80. The second-order valence-corrected chi connectivity index (χ2v) is 10.2. The Labute approximate surface area is 199 Å². The molecule has 3 unspecified atom stereocenters. The number of Topliss-reactive ketones (excluding diaryl/α,β-unsaturated/α-hetero) is 1. The first-order valence-electron chi connectivity index (χ1n) is 12.2. The van der Waals surface area contributed by atoms with Crippen LogP contribution in [0.5, 0.6) is 5.88 Å². The van der Waals surface area contributed by atoms with E-state index in [0.717, 1.165) is 50.4 Å². The Bertz CT molecular complexity index is 1100. The van der Waals surface area contributed by atoms with Crippen LogP contribution in [-0.4, -0.2) is 34.7 Å². The Kier molecular flexibility index (Phi) is 6.04. The predicted molar refractivity (Wildman–Crippen MR) is 127 cm³/mol. The van der Waals surface area contributed by atoms with E-state index in [-0.39, 0.29) is 23.4 Å². The van der Waals surface area contributed by atoms with Gasteiger partial charge in [-0.1, -0.05) is 13.0 Å². The SMILES string of the molecule is COc1ccc(NCCC[C@@H]2/C(=C/O)C(=O)[C@@]3(C)CCC4c5ccc(F)cc5CCC4C23)nn1. The van der Waals surface area contributed by atoms with Crippen molar-refractivity contribution in [2.75, 3.05) is 19.0 Å². The molecule has 1 aromatic heterocycles. The third kappa shape index (κ3) is 3.75. The fourth-order valence-corrected chi connectivity index (χ4v) is 7.05. The number of methoxy groups -OCH3 is 1. The minimum Gasteiger partial charge on any atom is -0.515 e. The van der Waals surface area contributed by atoms with Gasteiger partial charge in [-0.3, -0.25) is 4.79 Å². The van der Waals surface area contributed by atoms with Crippen LogP contribution in [0.2, 0.25) is 0 Å². The lowest BCUT2D eigenvalue weighted by molar-refractivity contribution is -0.127. The number of aryl methyl sites for hydroxylation is 1. The van der Waals surface area contributed by atoms with Gasteiger partial charge in [-0.15, -0.1) is 10.2 Å². The molecule has 0 amide bonds. The van der Waals surface area contributed by atoms with E-state index in [9.17, 15) is 14.3 Å². The van der Waals surface area contributed by atoms with E-state index in [4.69, 9.17) is 4.74 Å². The lowest BCUT2D eigenvalue weighted by Gasteiger charge is -2.49. The summed E-state index contributed by atoms with van der Waals surface area (Å²) >= 11 is 0. The summed E-state index contributed by atoms with van der Waals surface area (Å²) in [4.78, 5) is 13.5. The fraction of sp³-hybridized carbons (Fsp3) is 0.519. The number of fused-ring (bicyclic) bond motifs is 5. The highest BCUT2D eigenvalue weighted by atomic mass is 19.1. The Hall–Kier alpha value is -2.96. The number of ketones is 1. The van der Waals surface area contributed by atoms with Gasteiger partial charge in [-0.05, 0) is 91.5 Å². The van der Waals surface area contributed by atoms with Crippen LogP contribution in [0, 0.1) is 29.0 Å². The minimum atomic E-state index is -0.438. The second-order valence-electron chi connectivity index (χ2n) is 10.2. The first-order chi connectivity index (χ1) is 16.5. The van der Waals surface area contributed by atoms with Crippen molar-refractivity contribution in [3.63, 3.8) is 0 Å². The summed E-state index contributed by atoms with van der Waals surface area (Å²) in [6.07, 6.45) is 6.28. The van der Waals surface area contributed by atoms with Crippen LogP contribution >= 0.6 is 0 Å². The first-order valence-corrected chi connectivity index (χ1v) is 12.2. The standard InChI is InChI=1S/C27H32FN3O3/c1-27-12-11-19-18-8-6-17(28)14-16(18)5-7-21(19)25(27)20(22(15-32)26(27)33)4-3-13-29-23-9-10-24(34-2)31-30-23/h6,8-10,14-15,19-21,25,32H,3-5,7,11-13H2,1-2H3,(H,29,30)/b22-15-/t19?,20-,21?,25?,27+/m1/s1. The number of aromatic nitrogens is 2. The molecule has 2 N–H and O–H groups in total. The van der Waals surface area contributed by atoms with E-state index in [2.05, 4.69) is 22.4 Å². The average molecular weight is 466 g/mol. The van der Waals surface area contributed by atoms with Gasteiger partial charge in [0.1, 0.15) is 11.6 Å². The number of ether oxygens (including phenoxy) is 1. The second kappa shape index (κ2) is 9.01. The summed E-state index contributed by atoms with van der Waals surface area (Å²) in [5.41, 5.74) is 2.52. The molecule has 1 aromatic carbocycles. The number of carbonyl (C=O) groups excluding carboxylic acids is 1. The van der Waals surface area contributed by atoms with Crippen molar-refractivity contribution in [1.82, 2.24) is 10.2 Å². The molecule has 0 bridgehead atoms. The number of nitrogens with one attached hydrogen (secondary N) is 1. The van der Waals surface area contributed by atoms with E-state index >= 15 is 0 Å². The molecule has 2 saturated carbocycles. The smallest absolute Gasteiger partial charge is 0.233 e. The molecule has 6 nitrogen and oxygen atoms in total. The Morgan fingerprint density at radius 3 is 2.85 bits per heavy atom. The van der Waals surface area contributed by atoms with Crippen molar-refractivity contribution in [1.29, 1.82) is 0 Å². The highest BCUT2D eigenvalue weighted by molar-refractivity contribution is 6.03. The summed E-state index contributed by atoms with van der Waals surface area (Å²) in [5.74, 6) is 2.02. The van der Waals surface area contributed by atoms with Crippen LogP contribution in [0.3, 0.4) is 0 Å². The molecule has 1 heterocycles. The summed E-state index contributed by atoms with van der Waals surface area (Å²) in [7, 11) is 1.55. The molecule has 2 aromatic rings. The topological polar surface area (TPSA) is 84.3 Å². The van der Waals surface area contributed by atoms with Gasteiger partial charge in [0.05, 0.1) is 13.4 Å². The molecule has 0 spiro atoms. The van der Waals surface area contributed by atoms with E-state index < -0.39 is 5.41 Å². The number of hydrogen-bond acceptors (Lipinski definition) is 6. The number of aliphatic hydroxyl groups is 1. The third-order valence-electron chi connectivity index (χ3n) is 8.54. The van der Waals surface area contributed by atoms with Crippen LogP contribution in [0.25, 0.3) is 0 Å². The molecule has 5 rings (SSSR count). The Balaban J connectivity index is 1.34. The number of allylic oxidation sites excluding steroid dienone is 1. The van der Waals surface area contributed by atoms with Crippen molar-refractivity contribution in [3.05, 3.63) is 59.1 Å². The van der Waals surface area contributed by atoms with Gasteiger partial charge < -0.3 is 15.2 Å². The minimum absolute atomic E-state index is 0.0287. The van der Waals surface area contributed by atoms with E-state index in [1.807, 2.05) is 12.1 Å². The molecule has 0 aliphatic heterocycles. The van der Waals surface area contributed by atoms with Gasteiger partial charge in [0, 0.05) is 23.6 Å². The van der Waals surface area contributed by atoms with Gasteiger partial charge in [-0.25, -0.2) is 4.39 Å². The summed E-state index contributed by atoms with van der Waals surface area (Å²) < 4.78 is 18.9. The molecular weight excluding hydrogens is 433 g/mol. The molecule has 180 valence electrons. The molecule has 0 radical (unpaired) electrons. The molecule has 2 fully saturated rings. The third-order valence-corrected chi connectivity index (χ3v) is 8.54. The molecule has 5 atom stereocenters. The number of aliphatic hydroxyl groups excluding tert-OH is 1. The Morgan fingerprint density at radius 2 is 2.12 bits per heavy atom. The predicted octanol–water partition coefficient (Wildman–Crippen LogP) is 5.22. The number of hydrogen-bond donors (Lipinski definition) is 2. The fourth-order valence-electron chi connectivity index (χ4n) is 7.05. The summed E-state index contributed by atoms with van der Waals surface area (Å²) in [5, 5.41) is 21.4. The summed E-state index contributed by atoms with van der Waals surface area (Å²) in [6.45, 7) is 2.80. The lowest BCUT2D eigenvalue weighted by atomic mass is 9.54. The molecule has 3 aliphatic carbocycles. The van der Waals surface area contributed by atoms with Crippen molar-refractivity contribution >= 4 is 11.6 Å². The number of nitrogens with zero attached hydrogens (tertiary/aromatic N) is 2. The monoisotopic (exact) mass is 465 g/mol. The number of anilines is 1. The van der Waals surface area contributed by atoms with E-state index in [1.54, 1.807) is 25.3 Å². The zero-order valence-electron chi connectivity index (χ0n) is 19.8. The van der Waals surface area contributed by atoms with Crippen LogP contribution < -0.4 is 10.1 Å². The number of carbonyl (C=O) groups is 1. The highest BCUT2D eigenvalue weighted by Crippen LogP contribution is 2.63. The zero-order chi connectivity index (χ0) is 23.9. The maximum absolute atomic E-state index is 13.8. The van der Waals surface area contributed by atoms with E-state index in [0.29, 0.717) is 35.7 Å². The highest BCUT2D eigenvalue weighted by Gasteiger charge is 2.60. The van der Waals surface area contributed by atoms with Crippen LogP contribution in [0.1, 0.15) is 56.1 Å². The molecule has 3 aliphatic rings. The van der Waals surface area contributed by atoms with Gasteiger partial charge >= 0.3 is 0 Å². The normalized spacial score (nSPS) is 31.0. The maximum Gasteiger partial charge on any atom is 0.233 e. The molecule has 34 heavy (non-hydrogen) atoms. The van der Waals surface area contributed by atoms with Gasteiger partial charge in [0.25, 0.3) is 0 Å². The van der Waals surface area contributed by atoms with Crippen LogP contribution in [0.15, 0.2) is 42.2 Å². The lowest BCUT2D eigenvalue weighted by Crippen LogP contribution is -2.44. The van der Waals surface area contributed by atoms with Gasteiger partial charge in [0.2, 0.25) is 5.88 Å². The maximum atomic E-state index is 13.8. The van der Waals surface area contributed by atoms with Crippen LogP contribution in [-0.2, 0) is 11.2 Å². The number of benzene rings is 1. The van der Waals surface area contributed by atoms with Crippen LogP contribution in [0.4, 0.5) is 10.2 Å². The molecular formula is C27H32FN3O3. The molecule has 0 saturated heterocycles. The molecule has 7 heteroatoms. The zero-order valence-corrected chi connectivity index (χ0v) is 19.8. The van der Waals surface area contributed by atoms with E-state index in [1.165, 1.54) is 5.56 Å². The largest absolute Gasteiger partial charge is 0.515 e. The van der Waals surface area contributed by atoms with Crippen molar-refractivity contribution < 1.29 is 19.0 Å². The van der Waals surface area contributed by atoms with Crippen molar-refractivity contribution in [2.45, 2.75) is 51.4 Å². The van der Waals surface area contributed by atoms with Crippen molar-refractivity contribution in [3.8, 4) is 5.88 Å². The average Bonchev–Trinajstić information content (AvgIpc) is 3.07. The van der Waals surface area contributed by atoms with Gasteiger partial charge in [-0.2, -0.15) is 0 Å². The quantitative estimate of drug-likeness (QED) is 0.346. The van der Waals surface area contributed by atoms with Crippen molar-refractivity contribution in [2.24, 2.45) is 23.2 Å². The number of rotatable bonds is 6. The Morgan fingerprint density at radius 1 is 1.26 bits per heavy atom.